The summed E-state index contributed by atoms with van der Waals surface area (Å²) in [6.07, 6.45) is 5.36. The van der Waals surface area contributed by atoms with E-state index >= 15 is 0 Å². The summed E-state index contributed by atoms with van der Waals surface area (Å²) in [4.78, 5) is 32.4. The Bertz CT molecular complexity index is 970. The van der Waals surface area contributed by atoms with E-state index in [1.165, 1.54) is 17.5 Å². The Morgan fingerprint density at radius 2 is 1.83 bits per heavy atom. The number of anilines is 1. The lowest BCUT2D eigenvalue weighted by Crippen LogP contribution is -2.53. The van der Waals surface area contributed by atoms with Crippen LogP contribution in [0.25, 0.3) is 0 Å². The van der Waals surface area contributed by atoms with Crippen LogP contribution in [0.1, 0.15) is 57.5 Å². The van der Waals surface area contributed by atoms with Gasteiger partial charge in [0, 0.05) is 32.2 Å². The van der Waals surface area contributed by atoms with Crippen molar-refractivity contribution in [3.05, 3.63) is 64.7 Å². The summed E-state index contributed by atoms with van der Waals surface area (Å²) in [5, 5.41) is 0. The molecule has 0 saturated carbocycles. The molecule has 3 aliphatic heterocycles. The molecule has 150 valence electrons. The minimum Gasteiger partial charge on any atom is -0.354 e. The molecule has 3 aliphatic rings. The Morgan fingerprint density at radius 3 is 2.69 bits per heavy atom. The van der Waals surface area contributed by atoms with Crippen LogP contribution in [0, 0.1) is 0 Å². The van der Waals surface area contributed by atoms with Crippen LogP contribution in [0.4, 0.5) is 5.69 Å². The second-order valence-corrected chi connectivity index (χ2v) is 8.42. The monoisotopic (exact) mass is 389 g/mol. The van der Waals surface area contributed by atoms with Crippen molar-refractivity contribution in [2.45, 2.75) is 44.8 Å². The van der Waals surface area contributed by atoms with Gasteiger partial charge in [0.1, 0.15) is 6.17 Å². The molecule has 0 aromatic heterocycles. The summed E-state index contributed by atoms with van der Waals surface area (Å²) in [6.45, 7) is 2.20. The molecule has 2 aromatic rings. The summed E-state index contributed by atoms with van der Waals surface area (Å²) in [5.74, 6) is 0.155. The Labute approximate surface area is 171 Å². The molecular formula is C24H27N3O2. The number of carbonyl (C=O) groups excluding carboxylic acids is 2. The Kier molecular flexibility index (Phi) is 4.53. The summed E-state index contributed by atoms with van der Waals surface area (Å²) in [6, 6.07) is 13.9. The predicted octanol–water partition coefficient (Wildman–Crippen LogP) is 3.68. The van der Waals surface area contributed by atoms with E-state index in [1.807, 2.05) is 34.1 Å². The highest BCUT2D eigenvalue weighted by molar-refractivity contribution is 6.04. The zero-order valence-electron chi connectivity index (χ0n) is 16.9. The van der Waals surface area contributed by atoms with Crippen molar-refractivity contribution in [1.82, 2.24) is 9.80 Å². The molecule has 5 nitrogen and oxygen atoms in total. The normalized spacial score (nSPS) is 21.2. The molecule has 1 atom stereocenters. The first-order chi connectivity index (χ1) is 14.1. The number of hydrogen-bond acceptors (Lipinski definition) is 3. The topological polar surface area (TPSA) is 43.9 Å². The molecule has 29 heavy (non-hydrogen) atoms. The molecule has 1 saturated heterocycles. The van der Waals surface area contributed by atoms with Gasteiger partial charge in [0.2, 0.25) is 0 Å². The maximum absolute atomic E-state index is 13.2. The van der Waals surface area contributed by atoms with Crippen molar-refractivity contribution in [2.24, 2.45) is 0 Å². The lowest BCUT2D eigenvalue weighted by atomic mass is 9.98. The van der Waals surface area contributed by atoms with E-state index < -0.39 is 0 Å². The summed E-state index contributed by atoms with van der Waals surface area (Å²) >= 11 is 0. The van der Waals surface area contributed by atoms with Crippen LogP contribution < -0.4 is 4.90 Å². The first-order valence-corrected chi connectivity index (χ1v) is 10.7. The van der Waals surface area contributed by atoms with Gasteiger partial charge in [-0.15, -0.1) is 0 Å². The van der Waals surface area contributed by atoms with E-state index in [-0.39, 0.29) is 18.0 Å². The lowest BCUT2D eigenvalue weighted by molar-refractivity contribution is 0.0659. The quantitative estimate of drug-likeness (QED) is 0.747. The highest BCUT2D eigenvalue weighted by atomic mass is 16.2. The molecule has 1 unspecified atom stereocenters. The molecule has 1 fully saturated rings. The average Bonchev–Trinajstić information content (AvgIpc) is 3.03. The summed E-state index contributed by atoms with van der Waals surface area (Å²) in [7, 11) is 2.06. The van der Waals surface area contributed by atoms with Crippen molar-refractivity contribution in [2.75, 3.05) is 25.0 Å². The molecule has 2 amide bonds. The molecule has 5 heteroatoms. The van der Waals surface area contributed by atoms with Gasteiger partial charge in [-0.05, 0) is 55.0 Å². The fourth-order valence-corrected chi connectivity index (χ4v) is 5.03. The molecule has 5 rings (SSSR count). The number of benzene rings is 2. The van der Waals surface area contributed by atoms with E-state index in [0.29, 0.717) is 17.7 Å². The molecule has 0 aliphatic carbocycles. The van der Waals surface area contributed by atoms with Crippen LogP contribution in [0.2, 0.25) is 0 Å². The first kappa shape index (κ1) is 18.2. The van der Waals surface area contributed by atoms with Gasteiger partial charge in [-0.3, -0.25) is 9.59 Å². The lowest BCUT2D eigenvalue weighted by Gasteiger charge is -2.43. The highest BCUT2D eigenvalue weighted by Gasteiger charge is 2.36. The summed E-state index contributed by atoms with van der Waals surface area (Å²) < 4.78 is 0. The van der Waals surface area contributed by atoms with Crippen LogP contribution in [-0.4, -0.2) is 47.9 Å². The van der Waals surface area contributed by atoms with E-state index in [1.54, 1.807) is 0 Å². The molecule has 0 spiro atoms. The highest BCUT2D eigenvalue weighted by Crippen LogP contribution is 2.35. The zero-order chi connectivity index (χ0) is 20.0. The van der Waals surface area contributed by atoms with Crippen LogP contribution in [0.5, 0.6) is 0 Å². The van der Waals surface area contributed by atoms with Crippen LogP contribution >= 0.6 is 0 Å². The SMILES string of the molecule is CN1c2cc(C(=O)N3CCc4ccccc4C3)ccc2C(=O)N2CCCCCC21. The number of rotatable bonds is 1. The third-order valence-electron chi connectivity index (χ3n) is 6.70. The first-order valence-electron chi connectivity index (χ1n) is 10.7. The minimum absolute atomic E-state index is 0.0476. The van der Waals surface area contributed by atoms with Gasteiger partial charge >= 0.3 is 0 Å². The minimum atomic E-state index is 0.0476. The average molecular weight is 389 g/mol. The molecule has 3 heterocycles. The Morgan fingerprint density at radius 1 is 1.00 bits per heavy atom. The van der Waals surface area contributed by atoms with Crippen LogP contribution in [0.3, 0.4) is 0 Å². The number of nitrogens with zero attached hydrogens (tertiary/aromatic N) is 3. The van der Waals surface area contributed by atoms with Gasteiger partial charge in [-0.2, -0.15) is 0 Å². The second-order valence-electron chi connectivity index (χ2n) is 8.42. The largest absolute Gasteiger partial charge is 0.354 e. The molecule has 0 radical (unpaired) electrons. The maximum Gasteiger partial charge on any atom is 0.257 e. The fraction of sp³-hybridized carbons (Fsp3) is 0.417. The van der Waals surface area contributed by atoms with Gasteiger partial charge < -0.3 is 14.7 Å². The molecule has 0 bridgehead atoms. The summed E-state index contributed by atoms with van der Waals surface area (Å²) in [5.41, 5.74) is 4.84. The molecule has 2 aromatic carbocycles. The molecule has 0 N–H and O–H groups in total. The van der Waals surface area contributed by atoms with Gasteiger partial charge in [0.25, 0.3) is 11.8 Å². The van der Waals surface area contributed by atoms with Crippen LogP contribution in [0.15, 0.2) is 42.5 Å². The van der Waals surface area contributed by atoms with E-state index in [0.717, 1.165) is 44.5 Å². The van der Waals surface area contributed by atoms with Crippen molar-refractivity contribution in [1.29, 1.82) is 0 Å². The maximum atomic E-state index is 13.2. The van der Waals surface area contributed by atoms with Gasteiger partial charge in [0.05, 0.1) is 11.3 Å². The standard InChI is InChI=1S/C24H27N3O2/c1-25-21-15-18(23(28)26-14-12-17-7-4-5-8-19(17)16-26)10-11-20(21)24(29)27-13-6-2-3-9-22(25)27/h4-5,7-8,10-11,15,22H,2-3,6,9,12-14,16H2,1H3. The number of hydrogen-bond donors (Lipinski definition) is 0. The predicted molar refractivity (Wildman–Crippen MR) is 113 cm³/mol. The number of amides is 2. The van der Waals surface area contributed by atoms with Crippen molar-refractivity contribution in [3.63, 3.8) is 0 Å². The van der Waals surface area contributed by atoms with Crippen molar-refractivity contribution in [3.8, 4) is 0 Å². The van der Waals surface area contributed by atoms with E-state index in [9.17, 15) is 9.59 Å². The van der Waals surface area contributed by atoms with Crippen LogP contribution in [-0.2, 0) is 13.0 Å². The third kappa shape index (κ3) is 3.09. The van der Waals surface area contributed by atoms with Gasteiger partial charge in [0.15, 0.2) is 0 Å². The van der Waals surface area contributed by atoms with Gasteiger partial charge in [-0.25, -0.2) is 0 Å². The zero-order valence-corrected chi connectivity index (χ0v) is 16.9. The third-order valence-corrected chi connectivity index (χ3v) is 6.70. The fourth-order valence-electron chi connectivity index (χ4n) is 5.03. The number of carbonyl (C=O) groups is 2. The Balaban J connectivity index is 1.44. The van der Waals surface area contributed by atoms with E-state index in [2.05, 4.69) is 30.1 Å². The van der Waals surface area contributed by atoms with Crippen molar-refractivity contribution >= 4 is 17.5 Å². The second kappa shape index (κ2) is 7.21. The van der Waals surface area contributed by atoms with Crippen molar-refractivity contribution < 1.29 is 9.59 Å². The number of fused-ring (bicyclic) bond motifs is 3. The Hall–Kier alpha value is -2.82. The molecular weight excluding hydrogens is 362 g/mol. The van der Waals surface area contributed by atoms with Gasteiger partial charge in [-0.1, -0.05) is 30.7 Å². The van der Waals surface area contributed by atoms with E-state index in [4.69, 9.17) is 0 Å². The smallest absolute Gasteiger partial charge is 0.257 e.